The largest absolute Gasteiger partial charge is 0.479 e. The lowest BCUT2D eigenvalue weighted by molar-refractivity contribution is -0.146. The molecule has 5 aliphatic rings. The van der Waals surface area contributed by atoms with E-state index in [0.29, 0.717) is 131 Å². The van der Waals surface area contributed by atoms with E-state index in [1.165, 1.54) is 70.9 Å². The molecule has 0 bridgehead atoms. The molecule has 12 N–H and O–H groups in total. The van der Waals surface area contributed by atoms with E-state index < -0.39 is 95.8 Å². The van der Waals surface area contributed by atoms with Gasteiger partial charge in [0.15, 0.2) is 24.4 Å². The van der Waals surface area contributed by atoms with Gasteiger partial charge in [-0.1, -0.05) is 40.2 Å². The maximum Gasteiger partial charge on any atom is 0.407 e. The molecule has 11 amide bonds. The van der Waals surface area contributed by atoms with Crippen LogP contribution in [0.4, 0.5) is 9.59 Å². The lowest BCUT2D eigenvalue weighted by atomic mass is 9.98. The molecule has 0 saturated carbocycles. The molecular weight excluding hydrogens is 1850 g/mol. The Balaban J connectivity index is 0.000000419. The van der Waals surface area contributed by atoms with E-state index in [2.05, 4.69) is 41.4 Å². The Morgan fingerprint density at radius 1 is 0.485 bits per heavy atom. The van der Waals surface area contributed by atoms with Crippen LogP contribution in [0.1, 0.15) is 144 Å². The number of amides is 11. The fraction of sp³-hybridized carbons (Fsp3) is 0.571. The zero-order valence-electron chi connectivity index (χ0n) is 81.2. The predicted octanol–water partition coefficient (Wildman–Crippen LogP) is 2.22. The third-order valence-electron chi connectivity index (χ3n) is 20.0. The van der Waals surface area contributed by atoms with E-state index in [4.69, 9.17) is 64.2 Å². The molecule has 4 aromatic rings. The number of carboxylic acids is 1. The number of benzene rings is 4. The van der Waals surface area contributed by atoms with E-state index in [1.54, 1.807) is 188 Å². The predicted molar refractivity (Wildman–Crippen MR) is 494 cm³/mol. The van der Waals surface area contributed by atoms with Crippen molar-refractivity contribution in [2.45, 2.75) is 160 Å². The molecular formula is C91H136BrN13O31. The van der Waals surface area contributed by atoms with Crippen molar-refractivity contribution < 1.29 is 150 Å². The number of nitrogens with two attached hydrogens (primary N) is 1. The highest BCUT2D eigenvalue weighted by Crippen LogP contribution is 2.33. The molecule has 4 aromatic carbocycles. The molecule has 44 nitrogen and oxygen atoms in total. The second-order valence-electron chi connectivity index (χ2n) is 34.5. The number of carbonyl (C=O) groups is 15. The molecule has 2 fully saturated rings. The van der Waals surface area contributed by atoms with Gasteiger partial charge in [0.05, 0.1) is 64.2 Å². The van der Waals surface area contributed by atoms with Crippen LogP contribution in [0.2, 0.25) is 0 Å². The molecule has 0 aliphatic carbocycles. The number of hydrogen-bond donors (Lipinski definition) is 11. The monoisotopic (exact) mass is 1990 g/mol. The first-order valence-electron chi connectivity index (χ1n) is 43.3. The number of rotatable bonds is 22. The number of carboxylic acid groups (broad SMARTS) is 1. The Labute approximate surface area is 800 Å². The van der Waals surface area contributed by atoms with E-state index in [-0.39, 0.29) is 104 Å². The summed E-state index contributed by atoms with van der Waals surface area (Å²) in [7, 11) is 23.3. The summed E-state index contributed by atoms with van der Waals surface area (Å²) < 4.78 is 53.0. The average Bonchev–Trinajstić information content (AvgIpc) is 1.62. The van der Waals surface area contributed by atoms with Crippen LogP contribution in [0.15, 0.2) is 77.3 Å². The van der Waals surface area contributed by atoms with Crippen LogP contribution in [0.5, 0.6) is 17.2 Å². The minimum atomic E-state index is -1.61. The molecule has 2 saturated heterocycles. The maximum atomic E-state index is 13.1. The van der Waals surface area contributed by atoms with Crippen LogP contribution < -0.4 is 41.4 Å². The molecule has 0 aromatic heterocycles. The highest BCUT2D eigenvalue weighted by atomic mass is 79.9. The highest BCUT2D eigenvalue weighted by molar-refractivity contribution is 9.10. The first kappa shape index (κ1) is 118. The van der Waals surface area contributed by atoms with Crippen molar-refractivity contribution in [2.75, 3.05) is 172 Å². The SMILES string of the molecule is CC(C)(C)OC(=O)NCC(O)C(=O)O.CN(C)C(=O)C(O)CN.CN(C)C(=O)C(O)CNC(=O)OC(C)(C)C.CN(C)C(=O)C1CN(C(=O)C2CCOCC2)Cc2ccc(C(=O)NO)cc2O1.COC(=O)c1ccc(CCCC(O)C(=O)N(C)C)c(Br)c1.COC(=O)c1ccc2c(c1)OC(C(=O)N(C)C)CN(C(=O)C1CCOCC1)C2.COC(=O)c1ccc2c(c1)OC(C(=O)N(C)C)CNC2. The number of hydroxylamine groups is 1. The van der Waals surface area contributed by atoms with E-state index in [0.717, 1.165) is 21.2 Å². The second-order valence-corrected chi connectivity index (χ2v) is 35.4. The average molecular weight is 1990 g/mol. The van der Waals surface area contributed by atoms with Gasteiger partial charge in [0.25, 0.3) is 41.4 Å². The minimum Gasteiger partial charge on any atom is -0.479 e. The van der Waals surface area contributed by atoms with Gasteiger partial charge >= 0.3 is 36.1 Å². The van der Waals surface area contributed by atoms with Crippen LogP contribution in [-0.4, -0.2) is 385 Å². The van der Waals surface area contributed by atoms with Gasteiger partial charge in [-0.15, -0.1) is 0 Å². The van der Waals surface area contributed by atoms with Crippen LogP contribution in [0.3, 0.4) is 0 Å². The zero-order chi connectivity index (χ0) is 103. The number of carbonyl (C=O) groups excluding carboxylic acids is 14. The standard InChI is InChI=1S/C20H26N2O6.C19H25N3O6.C15H20BrNO4.C14H18N2O4.C10H20N2O4.C8H15NO5.C5H12N2O2/c1-21(2)19(24)17-12-22(18(23)13-6-8-27-9-7-13)11-15-5-4-14(20(25)26-3)10-16(15)28-17;1-21(2)19(25)16-11-22(18(24)12-5-7-27-8-6-12)10-14-4-3-13(17(23)20-26)9-15(14)28-16;1-17(2)14(19)13(18)6-4-5-10-7-8-11(9-12(10)16)15(20)21-3;1-16(2)13(17)12-8-15-7-10-5-4-9(14(18)19-3)6-11(10)20-12;1-10(2,3)16-9(15)11-6-7(13)8(14)12(4)5;1-8(2,3)14-7(13)9-4-5(10)6(11)12;1-7(2)5(9)4(8)3-6/h4-5,10,13,17H,6-9,11-12H2,1-3H3;3-4,9,12,16,26H,5-8,10-11H2,1-2H3,(H,20,23);7-9,13,18H,4-6H2,1-3H3;4-6,12,15H,7-8H2,1-3H3;7,13H,6H2,1-5H3,(H,11,15);5,10H,4H2,1-3H3,(H,9,13)(H,11,12);4,8H,3,6H2,1-2H3. The maximum absolute atomic E-state index is 13.1. The normalized spacial score (nSPS) is 16.3. The summed E-state index contributed by atoms with van der Waals surface area (Å²) >= 11 is 3.42. The molecule has 7 atom stereocenters. The van der Waals surface area contributed by atoms with Gasteiger partial charge in [-0.25, -0.2) is 34.2 Å². The van der Waals surface area contributed by atoms with Crippen LogP contribution >= 0.6 is 15.9 Å². The van der Waals surface area contributed by atoms with Crippen molar-refractivity contribution >= 4 is 105 Å². The zero-order valence-corrected chi connectivity index (χ0v) is 82.8. The fourth-order valence-corrected chi connectivity index (χ4v) is 13.3. The number of likely N-dealkylation sites (N-methyl/N-ethyl adjacent to an activating group) is 6. The summed E-state index contributed by atoms with van der Waals surface area (Å²) in [6.07, 6.45) is -4.13. The number of methoxy groups -OCH3 is 3. The number of nitrogens with zero attached hydrogens (tertiary/aromatic N) is 8. The van der Waals surface area contributed by atoms with Crippen molar-refractivity contribution in [3.05, 3.63) is 122 Å². The Morgan fingerprint density at radius 3 is 1.21 bits per heavy atom. The number of fused-ring (bicyclic) bond motifs is 3. The van der Waals surface area contributed by atoms with Gasteiger partial charge in [-0.2, -0.15) is 0 Å². The summed E-state index contributed by atoms with van der Waals surface area (Å²) in [6, 6.07) is 20.0. The van der Waals surface area contributed by atoms with Crippen molar-refractivity contribution in [3.63, 3.8) is 0 Å². The number of aliphatic hydroxyl groups excluding tert-OH is 4. The number of aliphatic carboxylic acids is 1. The molecule has 758 valence electrons. The van der Waals surface area contributed by atoms with Crippen LogP contribution in [-0.2, 0) is 102 Å². The number of nitrogens with one attached hydrogen (secondary N) is 4. The Morgan fingerprint density at radius 2 is 0.838 bits per heavy atom. The summed E-state index contributed by atoms with van der Waals surface area (Å²) in [4.78, 5) is 187. The summed E-state index contributed by atoms with van der Waals surface area (Å²) in [5, 5.41) is 61.4. The van der Waals surface area contributed by atoms with Crippen molar-refractivity contribution in [3.8, 4) is 17.2 Å². The Hall–Kier alpha value is -12.0. The van der Waals surface area contributed by atoms with Crippen LogP contribution in [0.25, 0.3) is 0 Å². The lowest BCUT2D eigenvalue weighted by Gasteiger charge is -2.30. The number of hydrogen-bond acceptors (Lipinski definition) is 32. The van der Waals surface area contributed by atoms with Gasteiger partial charge in [0, 0.05) is 182 Å². The number of aliphatic hydroxyl groups is 4. The highest BCUT2D eigenvalue weighted by Gasteiger charge is 2.39. The number of aryl methyl sites for hydroxylation is 1. The number of esters is 3. The third kappa shape index (κ3) is 40.5. The van der Waals surface area contributed by atoms with Gasteiger partial charge in [-0.05, 0) is 141 Å². The van der Waals surface area contributed by atoms with Gasteiger partial charge in [0.2, 0.25) is 11.8 Å². The van der Waals surface area contributed by atoms with E-state index >= 15 is 0 Å². The summed E-state index contributed by atoms with van der Waals surface area (Å²) in [5.41, 5.74) is 10.2. The molecule has 7 unspecified atom stereocenters. The summed E-state index contributed by atoms with van der Waals surface area (Å²) in [6.45, 7) is 13.8. The second kappa shape index (κ2) is 57.8. The van der Waals surface area contributed by atoms with Crippen molar-refractivity contribution in [1.82, 2.24) is 60.6 Å². The molecule has 136 heavy (non-hydrogen) atoms. The Kier molecular flexibility index (Phi) is 50.3. The molecule has 45 heteroatoms. The molecule has 9 rings (SSSR count). The molecule has 5 heterocycles. The molecule has 5 aliphatic heterocycles. The smallest absolute Gasteiger partial charge is 0.407 e. The molecule has 0 radical (unpaired) electrons. The van der Waals surface area contributed by atoms with Crippen molar-refractivity contribution in [1.29, 1.82) is 0 Å². The Bertz CT molecular complexity index is 4540. The number of halogens is 1. The third-order valence-corrected chi connectivity index (χ3v) is 20.8. The quantitative estimate of drug-likeness (QED) is 0.0232. The van der Waals surface area contributed by atoms with Gasteiger partial charge < -0.3 is 134 Å². The van der Waals surface area contributed by atoms with Crippen LogP contribution in [0, 0.1) is 11.8 Å². The van der Waals surface area contributed by atoms with Crippen molar-refractivity contribution in [2.24, 2.45) is 17.6 Å². The van der Waals surface area contributed by atoms with E-state index in [1.807, 2.05) is 6.07 Å². The molecule has 0 spiro atoms. The number of ether oxygens (including phenoxy) is 10. The number of alkyl carbamates (subject to hydrolysis) is 2. The first-order chi connectivity index (χ1) is 63.6. The van der Waals surface area contributed by atoms with E-state index in [9.17, 15) is 82.1 Å². The minimum absolute atomic E-state index is 0.00773. The fourth-order valence-electron chi connectivity index (χ4n) is 12.7. The van der Waals surface area contributed by atoms with Gasteiger partial charge in [-0.3, -0.25) is 48.4 Å². The first-order valence-corrected chi connectivity index (χ1v) is 44.1. The van der Waals surface area contributed by atoms with Gasteiger partial charge in [0.1, 0.15) is 46.8 Å². The lowest BCUT2D eigenvalue weighted by Crippen LogP contribution is -2.47. The topological polar surface area (TPSA) is 570 Å². The summed E-state index contributed by atoms with van der Waals surface area (Å²) in [5.74, 6) is -4.02.